The zero-order valence-electron chi connectivity index (χ0n) is 17.5. The molecule has 1 fully saturated rings. The van der Waals surface area contributed by atoms with Gasteiger partial charge in [0.05, 0.1) is 25.9 Å². The highest BCUT2D eigenvalue weighted by Gasteiger charge is 2.21. The second-order valence-corrected chi connectivity index (χ2v) is 8.50. The van der Waals surface area contributed by atoms with Crippen molar-refractivity contribution < 1.29 is 9.47 Å². The highest BCUT2D eigenvalue weighted by molar-refractivity contribution is 7.98. The van der Waals surface area contributed by atoms with Crippen LogP contribution < -0.4 is 9.64 Å². The van der Waals surface area contributed by atoms with Gasteiger partial charge < -0.3 is 14.4 Å². The summed E-state index contributed by atoms with van der Waals surface area (Å²) in [4.78, 5) is 2.26. The number of thioether (sulfide) groups is 1. The molecule has 0 unspecified atom stereocenters. The average Bonchev–Trinajstić information content (AvgIpc) is 3.16. The van der Waals surface area contributed by atoms with Gasteiger partial charge in [-0.3, -0.25) is 4.57 Å². The molecule has 2 aromatic carbocycles. The molecule has 1 aliphatic heterocycles. The molecule has 0 amide bonds. The minimum atomic E-state index is 0.165. The van der Waals surface area contributed by atoms with Crippen molar-refractivity contribution in [1.29, 1.82) is 0 Å². The summed E-state index contributed by atoms with van der Waals surface area (Å²) in [6.45, 7) is 7.96. The Morgan fingerprint density at radius 3 is 2.53 bits per heavy atom. The maximum atomic E-state index is 5.83. The Morgan fingerprint density at radius 2 is 1.77 bits per heavy atom. The van der Waals surface area contributed by atoms with Gasteiger partial charge in [0.25, 0.3) is 0 Å². The van der Waals surface area contributed by atoms with Crippen LogP contribution in [0.5, 0.6) is 5.75 Å². The molecule has 1 saturated heterocycles. The molecule has 0 N–H and O–H groups in total. The standard InChI is InChI=1S/C23H28N4O2S/c1-18(2)29-21-10-6-9-20(15-21)17-30-23-25-24-22(26-11-13-28-14-12-26)27(23)16-19-7-4-3-5-8-19/h3-10,15,18H,11-14,16-17H2,1-2H3. The lowest BCUT2D eigenvalue weighted by molar-refractivity contribution is 0.121. The third-order valence-corrected chi connectivity index (χ3v) is 5.85. The highest BCUT2D eigenvalue weighted by Crippen LogP contribution is 2.28. The Labute approximate surface area is 182 Å². The number of aromatic nitrogens is 3. The van der Waals surface area contributed by atoms with Crippen LogP contribution in [0.1, 0.15) is 25.0 Å². The van der Waals surface area contributed by atoms with Gasteiger partial charge in [0.15, 0.2) is 5.16 Å². The summed E-state index contributed by atoms with van der Waals surface area (Å²) < 4.78 is 13.6. The number of hydrogen-bond donors (Lipinski definition) is 0. The minimum Gasteiger partial charge on any atom is -0.491 e. The molecule has 158 valence electrons. The van der Waals surface area contributed by atoms with Gasteiger partial charge >= 0.3 is 0 Å². The Morgan fingerprint density at radius 1 is 1.00 bits per heavy atom. The third-order valence-electron chi connectivity index (χ3n) is 4.81. The van der Waals surface area contributed by atoms with E-state index in [1.165, 1.54) is 11.1 Å². The van der Waals surface area contributed by atoms with E-state index in [0.29, 0.717) is 0 Å². The second-order valence-electron chi connectivity index (χ2n) is 7.56. The van der Waals surface area contributed by atoms with Gasteiger partial charge in [0, 0.05) is 18.8 Å². The molecule has 0 saturated carbocycles. The number of nitrogens with zero attached hydrogens (tertiary/aromatic N) is 4. The molecule has 7 heteroatoms. The largest absolute Gasteiger partial charge is 0.491 e. The smallest absolute Gasteiger partial charge is 0.228 e. The van der Waals surface area contributed by atoms with E-state index in [1.54, 1.807) is 11.8 Å². The van der Waals surface area contributed by atoms with Crippen LogP contribution >= 0.6 is 11.8 Å². The summed E-state index contributed by atoms with van der Waals surface area (Å²) in [6.07, 6.45) is 0.165. The first kappa shape index (κ1) is 20.8. The van der Waals surface area contributed by atoms with Gasteiger partial charge in [0.2, 0.25) is 5.95 Å². The van der Waals surface area contributed by atoms with Crippen LogP contribution in [-0.2, 0) is 17.0 Å². The van der Waals surface area contributed by atoms with Gasteiger partial charge in [-0.25, -0.2) is 0 Å². The maximum absolute atomic E-state index is 5.83. The van der Waals surface area contributed by atoms with E-state index in [4.69, 9.17) is 9.47 Å². The summed E-state index contributed by atoms with van der Waals surface area (Å²) >= 11 is 1.71. The van der Waals surface area contributed by atoms with E-state index in [2.05, 4.69) is 56.1 Å². The van der Waals surface area contributed by atoms with Gasteiger partial charge in [-0.2, -0.15) is 0 Å². The van der Waals surface area contributed by atoms with E-state index < -0.39 is 0 Å². The molecule has 6 nitrogen and oxygen atoms in total. The second kappa shape index (κ2) is 10.00. The van der Waals surface area contributed by atoms with Crippen LogP contribution in [0.4, 0.5) is 5.95 Å². The number of benzene rings is 2. The number of ether oxygens (including phenoxy) is 2. The SMILES string of the molecule is CC(C)Oc1cccc(CSc2nnc(N3CCOCC3)n2Cc2ccccc2)c1. The van der Waals surface area contributed by atoms with Gasteiger partial charge in [-0.1, -0.05) is 54.2 Å². The Kier molecular flexibility index (Phi) is 6.92. The van der Waals surface area contributed by atoms with Crippen molar-refractivity contribution in [1.82, 2.24) is 14.8 Å². The summed E-state index contributed by atoms with van der Waals surface area (Å²) in [5, 5.41) is 10.0. The normalized spacial score (nSPS) is 14.3. The van der Waals surface area contributed by atoms with Crippen LogP contribution in [0.2, 0.25) is 0 Å². The topological polar surface area (TPSA) is 52.4 Å². The zero-order valence-corrected chi connectivity index (χ0v) is 18.3. The summed E-state index contributed by atoms with van der Waals surface area (Å²) in [6, 6.07) is 18.7. The van der Waals surface area contributed by atoms with Crippen molar-refractivity contribution in [2.24, 2.45) is 0 Å². The molecule has 30 heavy (non-hydrogen) atoms. The van der Waals surface area contributed by atoms with Crippen molar-refractivity contribution in [2.45, 2.75) is 37.4 Å². The van der Waals surface area contributed by atoms with Crippen LogP contribution in [0.25, 0.3) is 0 Å². The van der Waals surface area contributed by atoms with E-state index in [1.807, 2.05) is 32.0 Å². The lowest BCUT2D eigenvalue weighted by Gasteiger charge is -2.28. The molecule has 0 bridgehead atoms. The molecule has 0 aliphatic carbocycles. The van der Waals surface area contributed by atoms with E-state index in [0.717, 1.165) is 55.5 Å². The molecule has 0 radical (unpaired) electrons. The predicted octanol–water partition coefficient (Wildman–Crippen LogP) is 4.24. The van der Waals surface area contributed by atoms with Crippen molar-refractivity contribution in [2.75, 3.05) is 31.2 Å². The van der Waals surface area contributed by atoms with Crippen LogP contribution in [-0.4, -0.2) is 47.2 Å². The lowest BCUT2D eigenvalue weighted by Crippen LogP contribution is -2.38. The summed E-state index contributed by atoms with van der Waals surface area (Å²) in [5.74, 6) is 2.63. The number of hydrogen-bond acceptors (Lipinski definition) is 6. The Bertz CT molecular complexity index is 939. The third kappa shape index (κ3) is 5.34. The number of rotatable bonds is 8. The first-order chi connectivity index (χ1) is 14.7. The van der Waals surface area contributed by atoms with Gasteiger partial charge in [0.1, 0.15) is 5.75 Å². The fourth-order valence-corrected chi connectivity index (χ4v) is 4.29. The zero-order chi connectivity index (χ0) is 20.8. The highest BCUT2D eigenvalue weighted by atomic mass is 32.2. The Hall–Kier alpha value is -2.51. The van der Waals surface area contributed by atoms with E-state index >= 15 is 0 Å². The van der Waals surface area contributed by atoms with Crippen LogP contribution in [0, 0.1) is 0 Å². The van der Waals surface area contributed by atoms with Crippen molar-refractivity contribution in [3.05, 3.63) is 65.7 Å². The first-order valence-corrected chi connectivity index (χ1v) is 11.4. The quantitative estimate of drug-likeness (QED) is 0.504. The minimum absolute atomic E-state index is 0.165. The molecule has 0 spiro atoms. The van der Waals surface area contributed by atoms with Crippen LogP contribution in [0.3, 0.4) is 0 Å². The molecular formula is C23H28N4O2S. The lowest BCUT2D eigenvalue weighted by atomic mass is 10.2. The molecule has 1 aromatic heterocycles. The van der Waals surface area contributed by atoms with Gasteiger partial charge in [-0.15, -0.1) is 10.2 Å². The molecule has 4 rings (SSSR count). The fraction of sp³-hybridized carbons (Fsp3) is 0.391. The van der Waals surface area contributed by atoms with Crippen molar-refractivity contribution >= 4 is 17.7 Å². The Balaban J connectivity index is 1.54. The molecule has 2 heterocycles. The first-order valence-electron chi connectivity index (χ1n) is 10.4. The van der Waals surface area contributed by atoms with E-state index in [-0.39, 0.29) is 6.10 Å². The fourth-order valence-electron chi connectivity index (χ4n) is 3.42. The molecule has 3 aromatic rings. The van der Waals surface area contributed by atoms with E-state index in [9.17, 15) is 0 Å². The van der Waals surface area contributed by atoms with Crippen molar-refractivity contribution in [3.8, 4) is 5.75 Å². The number of morpholine rings is 1. The summed E-state index contributed by atoms with van der Waals surface area (Å²) in [5.41, 5.74) is 2.45. The monoisotopic (exact) mass is 424 g/mol. The summed E-state index contributed by atoms with van der Waals surface area (Å²) in [7, 11) is 0. The molecular weight excluding hydrogens is 396 g/mol. The average molecular weight is 425 g/mol. The van der Waals surface area contributed by atoms with Crippen molar-refractivity contribution in [3.63, 3.8) is 0 Å². The maximum Gasteiger partial charge on any atom is 0.228 e. The van der Waals surface area contributed by atoms with Gasteiger partial charge in [-0.05, 0) is 37.1 Å². The van der Waals surface area contributed by atoms with Crippen LogP contribution in [0.15, 0.2) is 59.8 Å². The molecule has 1 aliphatic rings. The number of anilines is 1. The predicted molar refractivity (Wildman–Crippen MR) is 120 cm³/mol. The molecule has 0 atom stereocenters.